The Labute approximate surface area is 93.6 Å². The van der Waals surface area contributed by atoms with Crippen LogP contribution in [0.25, 0.3) is 0 Å². The first-order chi connectivity index (χ1) is 7.26. The van der Waals surface area contributed by atoms with Crippen LogP contribution in [0.4, 0.5) is 0 Å². The molecule has 0 radical (unpaired) electrons. The maximum absolute atomic E-state index is 9.02. The minimum atomic E-state index is 0.280. The van der Waals surface area contributed by atoms with Gasteiger partial charge in [-0.25, -0.2) is 0 Å². The van der Waals surface area contributed by atoms with Crippen molar-refractivity contribution in [3.63, 3.8) is 0 Å². The van der Waals surface area contributed by atoms with Gasteiger partial charge in [-0.2, -0.15) is 0 Å². The number of unbranched alkanes of at least 4 members (excludes halogenated alkanes) is 1. The molecule has 1 fully saturated rings. The van der Waals surface area contributed by atoms with Crippen LogP contribution in [0.15, 0.2) is 0 Å². The van der Waals surface area contributed by atoms with E-state index in [0.29, 0.717) is 5.41 Å². The van der Waals surface area contributed by atoms with Crippen LogP contribution in [-0.2, 0) is 0 Å². The maximum Gasteiger partial charge on any atom is 0.0558 e. The van der Waals surface area contributed by atoms with Crippen LogP contribution in [0, 0.1) is 5.41 Å². The Bertz CT molecular complexity index is 169. The second-order valence-electron chi connectivity index (χ2n) is 4.89. The molecule has 0 amide bonds. The van der Waals surface area contributed by atoms with Crippen molar-refractivity contribution in [3.8, 4) is 0 Å². The fraction of sp³-hybridized carbons (Fsp3) is 1.00. The molecule has 3 N–H and O–H groups in total. The topological polar surface area (TPSA) is 49.5 Å². The fourth-order valence-electron chi connectivity index (χ4n) is 2.24. The predicted molar refractivity (Wildman–Crippen MR) is 63.8 cm³/mol. The van der Waals surface area contributed by atoms with E-state index >= 15 is 0 Å². The molecule has 90 valence electrons. The molecule has 3 heteroatoms. The Balaban J connectivity index is 2.29. The van der Waals surface area contributed by atoms with E-state index in [1.807, 2.05) is 0 Å². The summed E-state index contributed by atoms with van der Waals surface area (Å²) in [5, 5.41) is 9.02. The minimum absolute atomic E-state index is 0.280. The first-order valence-corrected chi connectivity index (χ1v) is 6.29. The molecule has 0 aliphatic heterocycles. The first-order valence-electron chi connectivity index (χ1n) is 6.29. The summed E-state index contributed by atoms with van der Waals surface area (Å²) in [6, 6.07) is 0. The molecule has 3 nitrogen and oxygen atoms in total. The van der Waals surface area contributed by atoms with Crippen molar-refractivity contribution in [2.75, 3.05) is 32.8 Å². The molecule has 1 saturated carbocycles. The molecule has 0 spiro atoms. The molecule has 0 aromatic heterocycles. The molecular formula is C12H26N2O. The predicted octanol–water partition coefficient (Wildman–Crippen LogP) is 1.21. The highest BCUT2D eigenvalue weighted by Gasteiger charge is 2.42. The number of rotatable bonds is 9. The molecule has 1 aliphatic rings. The van der Waals surface area contributed by atoms with E-state index in [4.69, 9.17) is 10.8 Å². The molecule has 1 aliphatic carbocycles. The summed E-state index contributed by atoms with van der Waals surface area (Å²) in [4.78, 5) is 2.41. The van der Waals surface area contributed by atoms with Gasteiger partial charge in [0.05, 0.1) is 6.61 Å². The summed E-state index contributed by atoms with van der Waals surface area (Å²) in [6.45, 7) is 6.40. The van der Waals surface area contributed by atoms with Gasteiger partial charge in [-0.05, 0) is 44.2 Å². The molecule has 0 atom stereocenters. The van der Waals surface area contributed by atoms with Crippen molar-refractivity contribution in [2.24, 2.45) is 11.1 Å². The van der Waals surface area contributed by atoms with Crippen LogP contribution < -0.4 is 5.73 Å². The van der Waals surface area contributed by atoms with Crippen molar-refractivity contribution < 1.29 is 5.11 Å². The van der Waals surface area contributed by atoms with Crippen LogP contribution in [0.1, 0.15) is 39.0 Å². The number of aliphatic hydroxyl groups is 1. The lowest BCUT2D eigenvalue weighted by Crippen LogP contribution is -2.34. The maximum atomic E-state index is 9.02. The van der Waals surface area contributed by atoms with Gasteiger partial charge in [-0.3, -0.25) is 0 Å². The van der Waals surface area contributed by atoms with Gasteiger partial charge in [-0.15, -0.1) is 0 Å². The lowest BCUT2D eigenvalue weighted by atomic mass is 10.0. The summed E-state index contributed by atoms with van der Waals surface area (Å²) < 4.78 is 0. The van der Waals surface area contributed by atoms with Gasteiger partial charge in [-0.1, -0.05) is 13.3 Å². The summed E-state index contributed by atoms with van der Waals surface area (Å²) in [6.07, 6.45) is 6.28. The van der Waals surface area contributed by atoms with Crippen molar-refractivity contribution in [3.05, 3.63) is 0 Å². The molecule has 0 heterocycles. The molecule has 0 saturated heterocycles. The summed E-state index contributed by atoms with van der Waals surface area (Å²) in [5.41, 5.74) is 6.15. The van der Waals surface area contributed by atoms with E-state index in [2.05, 4.69) is 11.8 Å². The van der Waals surface area contributed by atoms with Crippen molar-refractivity contribution in [1.82, 2.24) is 4.90 Å². The van der Waals surface area contributed by atoms with Gasteiger partial charge in [0.15, 0.2) is 0 Å². The highest BCUT2D eigenvalue weighted by Crippen LogP contribution is 2.48. The van der Waals surface area contributed by atoms with Gasteiger partial charge in [0, 0.05) is 13.1 Å². The van der Waals surface area contributed by atoms with E-state index in [9.17, 15) is 0 Å². The summed E-state index contributed by atoms with van der Waals surface area (Å²) >= 11 is 0. The SMILES string of the molecule is CCCCN(CCO)CC1(CCN)CC1. The second-order valence-corrected chi connectivity index (χ2v) is 4.89. The van der Waals surface area contributed by atoms with Gasteiger partial charge in [0.2, 0.25) is 0 Å². The van der Waals surface area contributed by atoms with E-state index < -0.39 is 0 Å². The van der Waals surface area contributed by atoms with Gasteiger partial charge >= 0.3 is 0 Å². The molecule has 0 bridgehead atoms. The third kappa shape index (κ3) is 4.49. The van der Waals surface area contributed by atoms with Crippen molar-refractivity contribution in [1.29, 1.82) is 0 Å². The molecule has 1 rings (SSSR count). The third-order valence-electron chi connectivity index (χ3n) is 3.43. The van der Waals surface area contributed by atoms with Gasteiger partial charge in [0.25, 0.3) is 0 Å². The number of nitrogens with zero attached hydrogens (tertiary/aromatic N) is 1. The zero-order chi connectivity index (χ0) is 11.1. The summed E-state index contributed by atoms with van der Waals surface area (Å²) in [7, 11) is 0. The number of nitrogens with two attached hydrogens (primary N) is 1. The standard InChI is InChI=1S/C12H26N2O/c1-2-3-8-14(9-10-15)11-12(4-5-12)6-7-13/h15H,2-11,13H2,1H3. The zero-order valence-corrected chi connectivity index (χ0v) is 10.0. The molecule has 0 aromatic carbocycles. The number of aliphatic hydroxyl groups excluding tert-OH is 1. The molecule has 0 aromatic rings. The lowest BCUT2D eigenvalue weighted by molar-refractivity contribution is 0.164. The Morgan fingerprint density at radius 3 is 2.53 bits per heavy atom. The lowest BCUT2D eigenvalue weighted by Gasteiger charge is -2.26. The molecule has 15 heavy (non-hydrogen) atoms. The zero-order valence-electron chi connectivity index (χ0n) is 10.0. The average Bonchev–Trinajstić information content (AvgIpc) is 2.95. The summed E-state index contributed by atoms with van der Waals surface area (Å²) in [5.74, 6) is 0. The van der Waals surface area contributed by atoms with Gasteiger partial charge in [0.1, 0.15) is 0 Å². The average molecular weight is 214 g/mol. The Morgan fingerprint density at radius 1 is 1.33 bits per heavy atom. The van der Waals surface area contributed by atoms with E-state index in [-0.39, 0.29) is 6.61 Å². The van der Waals surface area contributed by atoms with Crippen LogP contribution in [0.3, 0.4) is 0 Å². The highest BCUT2D eigenvalue weighted by atomic mass is 16.3. The molecular weight excluding hydrogens is 188 g/mol. The fourth-order valence-corrected chi connectivity index (χ4v) is 2.24. The van der Waals surface area contributed by atoms with Crippen LogP contribution in [0.2, 0.25) is 0 Å². The normalized spacial score (nSPS) is 18.4. The van der Waals surface area contributed by atoms with Crippen molar-refractivity contribution in [2.45, 2.75) is 39.0 Å². The Kier molecular flexibility index (Phi) is 5.58. The number of hydrogen-bond acceptors (Lipinski definition) is 3. The second kappa shape index (κ2) is 6.46. The van der Waals surface area contributed by atoms with Crippen molar-refractivity contribution >= 4 is 0 Å². The van der Waals surface area contributed by atoms with Gasteiger partial charge < -0.3 is 15.7 Å². The largest absolute Gasteiger partial charge is 0.395 e. The monoisotopic (exact) mass is 214 g/mol. The van der Waals surface area contributed by atoms with Crippen LogP contribution in [0.5, 0.6) is 0 Å². The van der Waals surface area contributed by atoms with E-state index in [0.717, 1.165) is 32.6 Å². The first kappa shape index (κ1) is 12.9. The van der Waals surface area contributed by atoms with Crippen LogP contribution >= 0.6 is 0 Å². The molecule has 0 unspecified atom stereocenters. The highest BCUT2D eigenvalue weighted by molar-refractivity contribution is 4.95. The number of hydrogen-bond donors (Lipinski definition) is 2. The quantitative estimate of drug-likeness (QED) is 0.606. The van der Waals surface area contributed by atoms with E-state index in [1.165, 1.54) is 25.7 Å². The third-order valence-corrected chi connectivity index (χ3v) is 3.43. The Hall–Kier alpha value is -0.120. The smallest absolute Gasteiger partial charge is 0.0558 e. The van der Waals surface area contributed by atoms with E-state index in [1.54, 1.807) is 0 Å². The Morgan fingerprint density at radius 2 is 2.07 bits per heavy atom. The minimum Gasteiger partial charge on any atom is -0.395 e. The van der Waals surface area contributed by atoms with Crippen LogP contribution in [-0.4, -0.2) is 42.8 Å².